The average molecular weight is 461 g/mol. The molecule has 0 spiro atoms. The van der Waals surface area contributed by atoms with Gasteiger partial charge in [-0.3, -0.25) is 14.4 Å². The van der Waals surface area contributed by atoms with Crippen LogP contribution in [0.5, 0.6) is 0 Å². The zero-order chi connectivity index (χ0) is 24.0. The number of ketones is 1. The Morgan fingerprint density at radius 2 is 1.79 bits per heavy atom. The monoisotopic (exact) mass is 460 g/mol. The molecule has 0 aliphatic carbocycles. The number of hydrogen-bond acceptors (Lipinski definition) is 4. The predicted molar refractivity (Wildman–Crippen MR) is 126 cm³/mol. The number of anilines is 2. The molecule has 1 aromatic heterocycles. The molecule has 0 unspecified atom stereocenters. The average Bonchev–Trinajstić information content (AvgIpc) is 3.21. The summed E-state index contributed by atoms with van der Waals surface area (Å²) in [6.07, 6.45) is 2.90. The molecule has 7 nitrogen and oxygen atoms in total. The van der Waals surface area contributed by atoms with Crippen molar-refractivity contribution in [3.05, 3.63) is 70.8 Å². The maximum absolute atomic E-state index is 13.9. The molecule has 0 N–H and O–H groups in total. The fourth-order valence-electron chi connectivity index (χ4n) is 4.86. The van der Waals surface area contributed by atoms with E-state index in [1.807, 2.05) is 25.1 Å². The van der Waals surface area contributed by atoms with E-state index >= 15 is 0 Å². The number of rotatable bonds is 4. The van der Waals surface area contributed by atoms with Crippen LogP contribution >= 0.6 is 0 Å². The van der Waals surface area contributed by atoms with Gasteiger partial charge in [0, 0.05) is 43.4 Å². The molecular formula is C26H25FN4O3. The van der Waals surface area contributed by atoms with E-state index in [1.165, 1.54) is 23.7 Å². The minimum Gasteiger partial charge on any atom is -0.312 e. The normalized spacial score (nSPS) is 16.1. The number of piperidine rings is 1. The highest BCUT2D eigenvalue weighted by Crippen LogP contribution is 2.33. The van der Waals surface area contributed by atoms with Gasteiger partial charge in [0.25, 0.3) is 5.91 Å². The van der Waals surface area contributed by atoms with Crippen LogP contribution in [0, 0.1) is 12.7 Å². The molecule has 0 bridgehead atoms. The summed E-state index contributed by atoms with van der Waals surface area (Å²) in [5, 5.41) is 4.40. The molecule has 0 atom stereocenters. The first-order valence-electron chi connectivity index (χ1n) is 11.5. The lowest BCUT2D eigenvalue weighted by molar-refractivity contribution is -0.119. The topological polar surface area (TPSA) is 75.5 Å². The third-order valence-corrected chi connectivity index (χ3v) is 6.51. The largest absolute Gasteiger partial charge is 0.312 e. The number of amides is 2. The first kappa shape index (κ1) is 22.0. The third kappa shape index (κ3) is 3.69. The highest BCUT2D eigenvalue weighted by Gasteiger charge is 2.35. The number of carbonyl (C=O) groups is 3. The van der Waals surface area contributed by atoms with Gasteiger partial charge in [-0.05, 0) is 68.1 Å². The van der Waals surface area contributed by atoms with Crippen molar-refractivity contribution >= 4 is 29.0 Å². The van der Waals surface area contributed by atoms with Gasteiger partial charge in [-0.1, -0.05) is 6.07 Å². The number of fused-ring (bicyclic) bond motifs is 1. The van der Waals surface area contributed by atoms with E-state index in [-0.39, 0.29) is 29.0 Å². The highest BCUT2D eigenvalue weighted by molar-refractivity contribution is 6.10. The van der Waals surface area contributed by atoms with Crippen molar-refractivity contribution in [2.75, 3.05) is 22.9 Å². The summed E-state index contributed by atoms with van der Waals surface area (Å²) in [7, 11) is 0. The van der Waals surface area contributed by atoms with E-state index in [2.05, 4.69) is 5.10 Å². The second-order valence-corrected chi connectivity index (χ2v) is 8.80. The molecule has 3 heterocycles. The SMILES string of the molecule is CC(=O)c1nn(-c2cccc(F)c2)c2c1CCN(c1ccc(N3CCCCC3=O)cc1C)C2=O. The minimum absolute atomic E-state index is 0.118. The summed E-state index contributed by atoms with van der Waals surface area (Å²) in [5.41, 5.74) is 3.93. The van der Waals surface area contributed by atoms with Gasteiger partial charge < -0.3 is 9.80 Å². The van der Waals surface area contributed by atoms with E-state index in [0.29, 0.717) is 37.2 Å². The molecule has 8 heteroatoms. The van der Waals surface area contributed by atoms with Gasteiger partial charge in [-0.25, -0.2) is 9.07 Å². The second kappa shape index (κ2) is 8.52. The Bertz CT molecular complexity index is 1330. The maximum Gasteiger partial charge on any atom is 0.277 e. The number of nitrogens with zero attached hydrogens (tertiary/aromatic N) is 4. The van der Waals surface area contributed by atoms with Crippen LogP contribution in [0.4, 0.5) is 15.8 Å². The van der Waals surface area contributed by atoms with Crippen LogP contribution in [0.3, 0.4) is 0 Å². The summed E-state index contributed by atoms with van der Waals surface area (Å²) < 4.78 is 15.3. The van der Waals surface area contributed by atoms with Crippen LogP contribution in [0.1, 0.15) is 58.3 Å². The van der Waals surface area contributed by atoms with E-state index in [4.69, 9.17) is 0 Å². The minimum atomic E-state index is -0.454. The molecular weight excluding hydrogens is 435 g/mol. The Balaban J connectivity index is 1.54. The van der Waals surface area contributed by atoms with Gasteiger partial charge in [0.15, 0.2) is 5.78 Å². The zero-order valence-corrected chi connectivity index (χ0v) is 19.2. The Hall–Kier alpha value is -3.81. The fraction of sp³-hybridized carbons (Fsp3) is 0.308. The molecule has 5 rings (SSSR count). The van der Waals surface area contributed by atoms with Gasteiger partial charge >= 0.3 is 0 Å². The molecule has 2 amide bonds. The molecule has 1 saturated heterocycles. The first-order chi connectivity index (χ1) is 16.3. The van der Waals surface area contributed by atoms with E-state index in [9.17, 15) is 18.8 Å². The van der Waals surface area contributed by atoms with E-state index in [0.717, 1.165) is 29.8 Å². The van der Waals surface area contributed by atoms with Gasteiger partial charge in [-0.2, -0.15) is 5.10 Å². The first-order valence-corrected chi connectivity index (χ1v) is 11.5. The highest BCUT2D eigenvalue weighted by atomic mass is 19.1. The van der Waals surface area contributed by atoms with Gasteiger partial charge in [0.2, 0.25) is 5.91 Å². The predicted octanol–water partition coefficient (Wildman–Crippen LogP) is 4.24. The van der Waals surface area contributed by atoms with Crippen molar-refractivity contribution in [2.45, 2.75) is 39.5 Å². The number of carbonyl (C=O) groups excluding carboxylic acids is 3. The second-order valence-electron chi connectivity index (χ2n) is 8.80. The molecule has 0 saturated carbocycles. The number of halogens is 1. The molecule has 1 fully saturated rings. The molecule has 34 heavy (non-hydrogen) atoms. The van der Waals surface area contributed by atoms with Crippen molar-refractivity contribution in [2.24, 2.45) is 0 Å². The van der Waals surface area contributed by atoms with Crippen LogP contribution < -0.4 is 9.80 Å². The standard InChI is InChI=1S/C26H25FN4O3/c1-16-14-19(29-12-4-3-8-23(29)33)9-10-22(16)30-13-11-21-24(17(2)32)28-31(25(21)26(30)34)20-7-5-6-18(27)15-20/h5-7,9-10,14-15H,3-4,8,11-13H2,1-2H3. The number of hydrogen-bond donors (Lipinski definition) is 0. The number of Topliss-reactive ketones (excluding diaryl/α,β-unsaturated/α-hetero) is 1. The number of aromatic nitrogens is 2. The summed E-state index contributed by atoms with van der Waals surface area (Å²) in [5.74, 6) is -0.868. The van der Waals surface area contributed by atoms with Crippen molar-refractivity contribution in [3.8, 4) is 5.69 Å². The smallest absolute Gasteiger partial charge is 0.277 e. The number of aryl methyl sites for hydroxylation is 1. The fourth-order valence-corrected chi connectivity index (χ4v) is 4.86. The lowest BCUT2D eigenvalue weighted by Gasteiger charge is -2.31. The molecule has 2 aliphatic rings. The van der Waals surface area contributed by atoms with Crippen molar-refractivity contribution < 1.29 is 18.8 Å². The Labute approximate surface area is 196 Å². The maximum atomic E-state index is 13.9. The Morgan fingerprint density at radius 3 is 2.50 bits per heavy atom. The van der Waals surface area contributed by atoms with Crippen molar-refractivity contribution in [3.63, 3.8) is 0 Å². The van der Waals surface area contributed by atoms with Crippen molar-refractivity contribution in [1.82, 2.24) is 9.78 Å². The molecule has 3 aromatic rings. The van der Waals surface area contributed by atoms with Crippen LogP contribution in [0.15, 0.2) is 42.5 Å². The van der Waals surface area contributed by atoms with Crippen LogP contribution in [0.25, 0.3) is 5.69 Å². The molecule has 174 valence electrons. The summed E-state index contributed by atoms with van der Waals surface area (Å²) in [6.45, 7) is 4.43. The Kier molecular flexibility index (Phi) is 5.51. The Morgan fingerprint density at radius 1 is 0.971 bits per heavy atom. The van der Waals surface area contributed by atoms with Crippen LogP contribution in [-0.4, -0.2) is 40.5 Å². The van der Waals surface area contributed by atoms with Crippen molar-refractivity contribution in [1.29, 1.82) is 0 Å². The third-order valence-electron chi connectivity index (χ3n) is 6.51. The summed E-state index contributed by atoms with van der Waals surface area (Å²) in [4.78, 5) is 41.8. The number of benzene rings is 2. The lowest BCUT2D eigenvalue weighted by atomic mass is 10.00. The van der Waals surface area contributed by atoms with Crippen LogP contribution in [-0.2, 0) is 11.2 Å². The van der Waals surface area contributed by atoms with E-state index in [1.54, 1.807) is 21.9 Å². The van der Waals surface area contributed by atoms with Gasteiger partial charge in [0.1, 0.15) is 17.2 Å². The lowest BCUT2D eigenvalue weighted by Crippen LogP contribution is -2.39. The molecule has 2 aromatic carbocycles. The quantitative estimate of drug-likeness (QED) is 0.546. The van der Waals surface area contributed by atoms with Gasteiger partial charge in [-0.15, -0.1) is 0 Å². The summed E-state index contributed by atoms with van der Waals surface area (Å²) >= 11 is 0. The van der Waals surface area contributed by atoms with Gasteiger partial charge in [0.05, 0.1) is 5.69 Å². The zero-order valence-electron chi connectivity index (χ0n) is 19.2. The van der Waals surface area contributed by atoms with Crippen LogP contribution in [0.2, 0.25) is 0 Å². The molecule has 0 radical (unpaired) electrons. The molecule has 2 aliphatic heterocycles. The van der Waals surface area contributed by atoms with E-state index < -0.39 is 5.82 Å². The summed E-state index contributed by atoms with van der Waals surface area (Å²) in [6, 6.07) is 11.5.